The Kier molecular flexibility index (Phi) is 7.13. The summed E-state index contributed by atoms with van der Waals surface area (Å²) in [5.74, 6) is -2.03. The summed E-state index contributed by atoms with van der Waals surface area (Å²) in [6, 6.07) is 12.0. The van der Waals surface area contributed by atoms with Gasteiger partial charge in [-0.3, -0.25) is 9.59 Å². The zero-order valence-corrected chi connectivity index (χ0v) is 15.2. The number of anilines is 1. The maximum Gasteiger partial charge on any atom is 0.405 e. The molecule has 2 N–H and O–H groups in total. The van der Waals surface area contributed by atoms with Crippen molar-refractivity contribution in [1.82, 2.24) is 5.32 Å². The summed E-state index contributed by atoms with van der Waals surface area (Å²) >= 11 is 0. The minimum Gasteiger partial charge on any atom is -0.465 e. The third-order valence-electron chi connectivity index (χ3n) is 3.64. The molecule has 9 heteroatoms. The Labute approximate surface area is 164 Å². The summed E-state index contributed by atoms with van der Waals surface area (Å²) in [5, 5.41) is 4.21. The highest BCUT2D eigenvalue weighted by Gasteiger charge is 2.28. The number of carbonyl (C=O) groups is 3. The number of ether oxygens (including phenoxy) is 1. The quantitative estimate of drug-likeness (QED) is 0.569. The van der Waals surface area contributed by atoms with Gasteiger partial charge in [0.25, 0.3) is 5.91 Å². The zero-order valence-electron chi connectivity index (χ0n) is 15.2. The Morgan fingerprint density at radius 2 is 1.69 bits per heavy atom. The first kappa shape index (κ1) is 21.7. The monoisotopic (exact) mass is 406 g/mol. The van der Waals surface area contributed by atoms with Crippen LogP contribution in [0.25, 0.3) is 6.08 Å². The number of para-hydroxylation sites is 1. The summed E-state index contributed by atoms with van der Waals surface area (Å²) in [6.07, 6.45) is -1.87. The van der Waals surface area contributed by atoms with Crippen LogP contribution in [-0.4, -0.2) is 37.6 Å². The van der Waals surface area contributed by atoms with Crippen LogP contribution in [0.2, 0.25) is 0 Å². The summed E-state index contributed by atoms with van der Waals surface area (Å²) in [4.78, 5) is 35.5. The first-order valence-corrected chi connectivity index (χ1v) is 8.31. The molecule has 0 aromatic heterocycles. The van der Waals surface area contributed by atoms with E-state index in [4.69, 9.17) is 0 Å². The lowest BCUT2D eigenvalue weighted by atomic mass is 10.1. The molecule has 2 amide bonds. The van der Waals surface area contributed by atoms with E-state index in [1.165, 1.54) is 55.7 Å². The molecule has 0 heterocycles. The second-order valence-electron chi connectivity index (χ2n) is 5.78. The fourth-order valence-electron chi connectivity index (χ4n) is 2.26. The van der Waals surface area contributed by atoms with E-state index in [9.17, 15) is 27.6 Å². The number of hydrogen-bond donors (Lipinski definition) is 2. The topological polar surface area (TPSA) is 84.5 Å². The van der Waals surface area contributed by atoms with Crippen LogP contribution in [0.3, 0.4) is 0 Å². The lowest BCUT2D eigenvalue weighted by Gasteiger charge is -2.11. The maximum absolute atomic E-state index is 12.3. The highest BCUT2D eigenvalue weighted by molar-refractivity contribution is 6.07. The summed E-state index contributed by atoms with van der Waals surface area (Å²) in [5.41, 5.74) is 0.959. The van der Waals surface area contributed by atoms with E-state index in [-0.39, 0.29) is 11.3 Å². The molecule has 0 saturated heterocycles. The normalized spacial score (nSPS) is 11.2. The van der Waals surface area contributed by atoms with Crippen LogP contribution in [-0.2, 0) is 9.53 Å². The van der Waals surface area contributed by atoms with Crippen molar-refractivity contribution in [2.45, 2.75) is 6.18 Å². The number of benzene rings is 2. The van der Waals surface area contributed by atoms with Crippen molar-refractivity contribution in [1.29, 1.82) is 0 Å². The molecule has 0 radical (unpaired) electrons. The molecule has 0 aliphatic rings. The molecular formula is C20H17F3N2O4. The van der Waals surface area contributed by atoms with Gasteiger partial charge in [-0.25, -0.2) is 4.79 Å². The zero-order chi connectivity index (χ0) is 21.4. The van der Waals surface area contributed by atoms with Crippen molar-refractivity contribution < 1.29 is 32.3 Å². The molecule has 2 aromatic carbocycles. The summed E-state index contributed by atoms with van der Waals surface area (Å²) in [7, 11) is 1.27. The number of amides is 2. The van der Waals surface area contributed by atoms with Gasteiger partial charge in [-0.05, 0) is 35.9 Å². The number of methoxy groups -OCH3 is 1. The van der Waals surface area contributed by atoms with Crippen molar-refractivity contribution in [2.24, 2.45) is 0 Å². The number of nitrogens with one attached hydrogen (secondary N) is 2. The van der Waals surface area contributed by atoms with Crippen LogP contribution in [0, 0.1) is 0 Å². The number of alkyl halides is 3. The number of rotatable bonds is 6. The predicted molar refractivity (Wildman–Crippen MR) is 100 cm³/mol. The number of halogens is 3. The molecule has 0 aliphatic carbocycles. The highest BCUT2D eigenvalue weighted by atomic mass is 19.4. The molecule has 2 rings (SSSR count). The average molecular weight is 406 g/mol. The fourth-order valence-corrected chi connectivity index (χ4v) is 2.26. The third kappa shape index (κ3) is 6.80. The molecule has 2 aromatic rings. The smallest absolute Gasteiger partial charge is 0.405 e. The van der Waals surface area contributed by atoms with E-state index in [2.05, 4.69) is 10.1 Å². The van der Waals surface area contributed by atoms with Crippen LogP contribution in [0.4, 0.5) is 18.9 Å². The molecule has 0 aliphatic heterocycles. The standard InChI is InChI=1S/C20H17F3N2O4/c1-29-19(28)14-9-6-13(7-10-14)8-11-17(26)25-16-5-3-2-4-15(16)18(27)24-12-20(21,22)23/h2-11H,12H2,1H3,(H,24,27)(H,25,26)/b11-8+. The van der Waals surface area contributed by atoms with Crippen molar-refractivity contribution in [3.63, 3.8) is 0 Å². The second-order valence-corrected chi connectivity index (χ2v) is 5.78. The van der Waals surface area contributed by atoms with E-state index in [1.807, 2.05) is 0 Å². The largest absolute Gasteiger partial charge is 0.465 e. The lowest BCUT2D eigenvalue weighted by molar-refractivity contribution is -0.123. The first-order valence-electron chi connectivity index (χ1n) is 8.31. The molecule has 0 saturated carbocycles. The van der Waals surface area contributed by atoms with E-state index >= 15 is 0 Å². The van der Waals surface area contributed by atoms with Gasteiger partial charge >= 0.3 is 12.1 Å². The highest BCUT2D eigenvalue weighted by Crippen LogP contribution is 2.17. The fraction of sp³-hybridized carbons (Fsp3) is 0.150. The SMILES string of the molecule is COC(=O)c1ccc(/C=C/C(=O)Nc2ccccc2C(=O)NCC(F)(F)F)cc1. The van der Waals surface area contributed by atoms with Gasteiger partial charge in [-0.15, -0.1) is 0 Å². The van der Waals surface area contributed by atoms with Crippen molar-refractivity contribution in [2.75, 3.05) is 19.0 Å². The van der Waals surface area contributed by atoms with Gasteiger partial charge in [-0.2, -0.15) is 13.2 Å². The van der Waals surface area contributed by atoms with Crippen molar-refractivity contribution in [3.05, 3.63) is 71.3 Å². The maximum atomic E-state index is 12.3. The molecule has 29 heavy (non-hydrogen) atoms. The van der Waals surface area contributed by atoms with Crippen molar-refractivity contribution in [3.8, 4) is 0 Å². The Balaban J connectivity index is 2.04. The van der Waals surface area contributed by atoms with Gasteiger partial charge in [0.05, 0.1) is 23.9 Å². The number of hydrogen-bond acceptors (Lipinski definition) is 4. The summed E-state index contributed by atoms with van der Waals surface area (Å²) in [6.45, 7) is -1.48. The van der Waals surface area contributed by atoms with Gasteiger partial charge in [0.1, 0.15) is 6.54 Å². The van der Waals surface area contributed by atoms with Gasteiger partial charge in [0.2, 0.25) is 5.91 Å². The molecule has 0 unspecified atom stereocenters. The van der Waals surface area contributed by atoms with Gasteiger partial charge in [-0.1, -0.05) is 24.3 Å². The Morgan fingerprint density at radius 3 is 2.31 bits per heavy atom. The van der Waals surface area contributed by atoms with Gasteiger partial charge in [0, 0.05) is 6.08 Å². The van der Waals surface area contributed by atoms with Gasteiger partial charge < -0.3 is 15.4 Å². The van der Waals surface area contributed by atoms with Crippen LogP contribution in [0.15, 0.2) is 54.6 Å². The van der Waals surface area contributed by atoms with Crippen LogP contribution < -0.4 is 10.6 Å². The molecular weight excluding hydrogens is 389 g/mol. The summed E-state index contributed by atoms with van der Waals surface area (Å²) < 4.78 is 41.4. The van der Waals surface area contributed by atoms with E-state index in [0.717, 1.165) is 0 Å². The van der Waals surface area contributed by atoms with E-state index in [1.54, 1.807) is 17.4 Å². The van der Waals surface area contributed by atoms with Crippen LogP contribution >= 0.6 is 0 Å². The lowest BCUT2D eigenvalue weighted by Crippen LogP contribution is -2.34. The molecule has 152 valence electrons. The predicted octanol–water partition coefficient (Wildman–Crippen LogP) is 3.42. The number of carbonyl (C=O) groups excluding carboxylic acids is 3. The average Bonchev–Trinajstić information content (AvgIpc) is 2.70. The number of esters is 1. The second kappa shape index (κ2) is 9.54. The molecule has 6 nitrogen and oxygen atoms in total. The first-order chi connectivity index (χ1) is 13.7. The minimum absolute atomic E-state index is 0.0721. The Bertz CT molecular complexity index is 922. The molecule has 0 spiro atoms. The van der Waals surface area contributed by atoms with Crippen LogP contribution in [0.1, 0.15) is 26.3 Å². The van der Waals surface area contributed by atoms with E-state index in [0.29, 0.717) is 11.1 Å². The van der Waals surface area contributed by atoms with Gasteiger partial charge in [0.15, 0.2) is 0 Å². The third-order valence-corrected chi connectivity index (χ3v) is 3.64. The van der Waals surface area contributed by atoms with Crippen LogP contribution in [0.5, 0.6) is 0 Å². The van der Waals surface area contributed by atoms with E-state index < -0.39 is 30.5 Å². The Hall–Kier alpha value is -3.62. The molecule has 0 bridgehead atoms. The molecule has 0 atom stereocenters. The Morgan fingerprint density at radius 1 is 1.03 bits per heavy atom. The minimum atomic E-state index is -4.54. The molecule has 0 fully saturated rings. The van der Waals surface area contributed by atoms with Crippen molar-refractivity contribution >= 4 is 29.5 Å².